The molecule has 126 valence electrons. The Morgan fingerprint density at radius 1 is 1.30 bits per heavy atom. The van der Waals surface area contributed by atoms with Crippen LogP contribution in [0.3, 0.4) is 0 Å². The maximum absolute atomic E-state index is 12.9. The molecule has 1 aromatic rings. The zero-order valence-corrected chi connectivity index (χ0v) is 12.7. The van der Waals surface area contributed by atoms with Crippen LogP contribution < -0.4 is 0 Å². The normalized spacial score (nSPS) is 20.6. The highest BCUT2D eigenvalue weighted by molar-refractivity contribution is 5.79. The van der Waals surface area contributed by atoms with Crippen molar-refractivity contribution >= 4 is 5.97 Å². The van der Waals surface area contributed by atoms with Crippen LogP contribution in [0.2, 0.25) is 0 Å². The van der Waals surface area contributed by atoms with E-state index in [1.807, 2.05) is 0 Å². The predicted octanol–water partition coefficient (Wildman–Crippen LogP) is 4.26. The van der Waals surface area contributed by atoms with Crippen LogP contribution in [0.5, 0.6) is 0 Å². The summed E-state index contributed by atoms with van der Waals surface area (Å²) < 4.78 is 38.7. The molecular weight excluding hydrogens is 307 g/mol. The first-order valence-electron chi connectivity index (χ1n) is 7.68. The van der Waals surface area contributed by atoms with E-state index in [0.717, 1.165) is 44.4 Å². The average Bonchev–Trinajstić information content (AvgIpc) is 2.72. The van der Waals surface area contributed by atoms with Crippen molar-refractivity contribution in [1.29, 1.82) is 0 Å². The molecule has 1 saturated heterocycles. The largest absolute Gasteiger partial charge is 0.478 e. The van der Waals surface area contributed by atoms with Gasteiger partial charge in [0.2, 0.25) is 0 Å². The highest BCUT2D eigenvalue weighted by Crippen LogP contribution is 2.34. The van der Waals surface area contributed by atoms with Crippen LogP contribution in [0, 0.1) is 0 Å². The number of halogens is 3. The van der Waals surface area contributed by atoms with Crippen LogP contribution in [-0.2, 0) is 11.0 Å². The number of likely N-dealkylation sites (tertiary alicyclic amines) is 1. The molecule has 0 aromatic heterocycles. The lowest BCUT2D eigenvalue weighted by Crippen LogP contribution is -2.29. The van der Waals surface area contributed by atoms with Crippen molar-refractivity contribution in [3.63, 3.8) is 0 Å². The third kappa shape index (κ3) is 5.10. The average molecular weight is 327 g/mol. The number of alkyl halides is 3. The van der Waals surface area contributed by atoms with E-state index in [1.165, 1.54) is 12.1 Å². The first-order chi connectivity index (χ1) is 10.9. The molecule has 2 rings (SSSR count). The van der Waals surface area contributed by atoms with Crippen LogP contribution in [0.4, 0.5) is 13.2 Å². The zero-order chi connectivity index (χ0) is 16.9. The molecule has 0 spiro atoms. The number of hydrogen-bond donors (Lipinski definition) is 1. The summed E-state index contributed by atoms with van der Waals surface area (Å²) in [6.45, 7) is 1.18. The molecule has 1 heterocycles. The van der Waals surface area contributed by atoms with E-state index in [0.29, 0.717) is 12.1 Å². The monoisotopic (exact) mass is 327 g/mol. The summed E-state index contributed by atoms with van der Waals surface area (Å²) in [5.74, 6) is -1.02. The van der Waals surface area contributed by atoms with Crippen LogP contribution in [0.1, 0.15) is 42.9 Å². The number of hydrogen-bond acceptors (Lipinski definition) is 2. The Labute approximate surface area is 133 Å². The van der Waals surface area contributed by atoms with Gasteiger partial charge in [-0.1, -0.05) is 31.1 Å². The molecule has 0 radical (unpaired) electrons. The molecule has 0 saturated carbocycles. The fraction of sp³-hybridized carbons (Fsp3) is 0.471. The zero-order valence-electron chi connectivity index (χ0n) is 12.7. The topological polar surface area (TPSA) is 40.5 Å². The maximum Gasteiger partial charge on any atom is 0.416 e. The molecule has 0 bridgehead atoms. The summed E-state index contributed by atoms with van der Waals surface area (Å²) in [5.41, 5.74) is 0.00530. The molecule has 1 unspecified atom stereocenters. The third-order valence-corrected chi connectivity index (χ3v) is 4.06. The summed E-state index contributed by atoms with van der Waals surface area (Å²) in [6, 6.07) is 5.34. The fourth-order valence-electron chi connectivity index (χ4n) is 2.97. The van der Waals surface area contributed by atoms with Crippen LogP contribution in [-0.4, -0.2) is 29.1 Å². The number of aliphatic carboxylic acids is 1. The lowest BCUT2D eigenvalue weighted by molar-refractivity contribution is -0.137. The third-order valence-electron chi connectivity index (χ3n) is 4.06. The second-order valence-electron chi connectivity index (χ2n) is 5.72. The van der Waals surface area contributed by atoms with Gasteiger partial charge in [-0.25, -0.2) is 4.79 Å². The van der Waals surface area contributed by atoms with Crippen LogP contribution in [0.25, 0.3) is 0 Å². The molecule has 1 N–H and O–H groups in total. The first-order valence-corrected chi connectivity index (χ1v) is 7.68. The molecule has 0 aliphatic carbocycles. The van der Waals surface area contributed by atoms with Gasteiger partial charge in [-0.15, -0.1) is 0 Å². The number of carboxylic acids is 1. The van der Waals surface area contributed by atoms with Gasteiger partial charge in [0.15, 0.2) is 0 Å². The van der Waals surface area contributed by atoms with Gasteiger partial charge in [-0.3, -0.25) is 4.90 Å². The van der Waals surface area contributed by atoms with E-state index in [4.69, 9.17) is 5.11 Å². The van der Waals surface area contributed by atoms with Crippen molar-refractivity contribution in [2.75, 3.05) is 13.1 Å². The van der Waals surface area contributed by atoms with Crippen LogP contribution >= 0.6 is 0 Å². The maximum atomic E-state index is 12.9. The summed E-state index contributed by atoms with van der Waals surface area (Å²) in [4.78, 5) is 12.6. The number of carboxylic acid groups (broad SMARTS) is 1. The standard InChI is InChI=1S/C17H20F3NO2/c18-17(19,20)14-7-4-6-13(12-14)15-8-2-1-3-10-21(15)11-5-9-16(22)23/h4-7,9,12,15H,1-3,8,10-11H2,(H,22,23)/b9-5+. The van der Waals surface area contributed by atoms with Gasteiger partial charge >= 0.3 is 12.1 Å². The molecule has 1 atom stereocenters. The van der Waals surface area contributed by atoms with Gasteiger partial charge in [0, 0.05) is 18.7 Å². The molecule has 1 aliphatic heterocycles. The van der Waals surface area contributed by atoms with Crippen molar-refractivity contribution in [2.24, 2.45) is 0 Å². The molecular formula is C17H20F3NO2. The van der Waals surface area contributed by atoms with Crippen molar-refractivity contribution in [2.45, 2.75) is 37.9 Å². The fourth-order valence-corrected chi connectivity index (χ4v) is 2.97. The van der Waals surface area contributed by atoms with Gasteiger partial charge < -0.3 is 5.11 Å². The van der Waals surface area contributed by atoms with Gasteiger partial charge in [0.05, 0.1) is 5.56 Å². The second-order valence-corrected chi connectivity index (χ2v) is 5.72. The predicted molar refractivity (Wildman–Crippen MR) is 81.0 cm³/mol. The summed E-state index contributed by atoms with van der Waals surface area (Å²) in [5, 5.41) is 8.68. The Kier molecular flexibility index (Phi) is 5.82. The summed E-state index contributed by atoms with van der Waals surface area (Å²) in [7, 11) is 0. The Morgan fingerprint density at radius 2 is 2.09 bits per heavy atom. The van der Waals surface area contributed by atoms with Gasteiger partial charge in [0.1, 0.15) is 0 Å². The number of carbonyl (C=O) groups is 1. The molecule has 1 fully saturated rings. The molecule has 23 heavy (non-hydrogen) atoms. The van der Waals surface area contributed by atoms with Gasteiger partial charge in [-0.2, -0.15) is 13.2 Å². The highest BCUT2D eigenvalue weighted by atomic mass is 19.4. The highest BCUT2D eigenvalue weighted by Gasteiger charge is 2.31. The number of nitrogens with zero attached hydrogens (tertiary/aromatic N) is 1. The van der Waals surface area contributed by atoms with Gasteiger partial charge in [-0.05, 0) is 37.1 Å². The quantitative estimate of drug-likeness (QED) is 0.840. The smallest absolute Gasteiger partial charge is 0.416 e. The number of rotatable bonds is 4. The van der Waals surface area contributed by atoms with E-state index in [2.05, 4.69) is 4.90 Å². The Bertz CT molecular complexity index is 569. The molecule has 3 nitrogen and oxygen atoms in total. The Morgan fingerprint density at radius 3 is 2.78 bits per heavy atom. The van der Waals surface area contributed by atoms with E-state index in [-0.39, 0.29) is 6.04 Å². The van der Waals surface area contributed by atoms with Crippen LogP contribution in [0.15, 0.2) is 36.4 Å². The second kappa shape index (κ2) is 7.64. The van der Waals surface area contributed by atoms with Crippen molar-refractivity contribution in [1.82, 2.24) is 4.90 Å². The van der Waals surface area contributed by atoms with E-state index in [9.17, 15) is 18.0 Å². The van der Waals surface area contributed by atoms with Gasteiger partial charge in [0.25, 0.3) is 0 Å². The number of benzene rings is 1. The minimum Gasteiger partial charge on any atom is -0.478 e. The lowest BCUT2D eigenvalue weighted by Gasteiger charge is -2.29. The minimum absolute atomic E-state index is 0.113. The molecule has 0 amide bonds. The summed E-state index contributed by atoms with van der Waals surface area (Å²) in [6.07, 6.45) is 2.02. The summed E-state index contributed by atoms with van der Waals surface area (Å²) >= 11 is 0. The molecule has 6 heteroatoms. The van der Waals surface area contributed by atoms with E-state index in [1.54, 1.807) is 12.1 Å². The minimum atomic E-state index is -4.35. The molecule has 1 aromatic carbocycles. The Balaban J connectivity index is 2.23. The first kappa shape index (κ1) is 17.5. The molecule has 1 aliphatic rings. The van der Waals surface area contributed by atoms with Crippen molar-refractivity contribution in [3.05, 3.63) is 47.5 Å². The SMILES string of the molecule is O=C(O)/C=C/CN1CCCCCC1c1cccc(C(F)(F)F)c1. The van der Waals surface area contributed by atoms with Crippen molar-refractivity contribution in [3.8, 4) is 0 Å². The Hall–Kier alpha value is -1.82. The van der Waals surface area contributed by atoms with E-state index < -0.39 is 17.7 Å². The lowest BCUT2D eigenvalue weighted by atomic mass is 9.98. The van der Waals surface area contributed by atoms with E-state index >= 15 is 0 Å². The van der Waals surface area contributed by atoms with Crippen molar-refractivity contribution < 1.29 is 23.1 Å².